The fraction of sp³-hybridized carbons (Fsp3) is 0.667. The van der Waals surface area contributed by atoms with E-state index in [1.54, 1.807) is 6.21 Å². The van der Waals surface area contributed by atoms with E-state index >= 15 is 0 Å². The monoisotopic (exact) mass is 117 g/mol. The van der Waals surface area contributed by atoms with E-state index in [9.17, 15) is 0 Å². The summed E-state index contributed by atoms with van der Waals surface area (Å²) < 4.78 is 0. The Labute approximate surface area is 47.6 Å². The summed E-state index contributed by atoms with van der Waals surface area (Å²) in [4.78, 5) is 0. The van der Waals surface area contributed by atoms with Crippen LogP contribution in [0.1, 0.15) is 0 Å². The number of hydrogen-bond acceptors (Lipinski definition) is 4. The van der Waals surface area contributed by atoms with Gasteiger partial charge in [0.1, 0.15) is 5.50 Å². The Bertz CT molecular complexity index is 82.2. The summed E-state index contributed by atoms with van der Waals surface area (Å²) in [6.07, 6.45) is 1.76. The molecule has 3 nitrogen and oxygen atoms in total. The molecule has 4 heteroatoms. The summed E-state index contributed by atoms with van der Waals surface area (Å²) in [5.41, 5.74) is 2.74. The van der Waals surface area contributed by atoms with E-state index in [4.69, 9.17) is 0 Å². The van der Waals surface area contributed by atoms with Gasteiger partial charge in [0.2, 0.25) is 0 Å². The highest BCUT2D eigenvalue weighted by atomic mass is 32.1. The van der Waals surface area contributed by atoms with Gasteiger partial charge < -0.3 is 0 Å². The van der Waals surface area contributed by atoms with Crippen LogP contribution in [0, 0.1) is 0 Å². The van der Waals surface area contributed by atoms with Crippen LogP contribution >= 0.6 is 12.6 Å². The van der Waals surface area contributed by atoms with Crippen LogP contribution in [0.5, 0.6) is 0 Å². The minimum absolute atomic E-state index is 0.0324. The highest BCUT2D eigenvalue weighted by Gasteiger charge is 1.98. The average molecular weight is 117 g/mol. The molecule has 0 saturated carbocycles. The summed E-state index contributed by atoms with van der Waals surface area (Å²) >= 11 is 4.03. The molecule has 1 rings (SSSR count). The lowest BCUT2D eigenvalue weighted by Crippen LogP contribution is -2.39. The van der Waals surface area contributed by atoms with Crippen molar-refractivity contribution < 1.29 is 0 Å². The minimum Gasteiger partial charge on any atom is -0.284 e. The van der Waals surface area contributed by atoms with E-state index in [1.165, 1.54) is 0 Å². The van der Waals surface area contributed by atoms with Gasteiger partial charge in [0.15, 0.2) is 0 Å². The van der Waals surface area contributed by atoms with Gasteiger partial charge in [-0.2, -0.15) is 5.10 Å². The van der Waals surface area contributed by atoms with Gasteiger partial charge in [-0.05, 0) is 0 Å². The Kier molecular flexibility index (Phi) is 1.54. The van der Waals surface area contributed by atoms with Crippen molar-refractivity contribution in [3.63, 3.8) is 0 Å². The zero-order valence-corrected chi connectivity index (χ0v) is 4.65. The van der Waals surface area contributed by atoms with Crippen LogP contribution in [0.2, 0.25) is 0 Å². The van der Waals surface area contributed by atoms with Gasteiger partial charge in [0.25, 0.3) is 0 Å². The van der Waals surface area contributed by atoms with Gasteiger partial charge in [-0.3, -0.25) is 10.7 Å². The van der Waals surface area contributed by atoms with Crippen molar-refractivity contribution in [2.75, 3.05) is 6.54 Å². The normalized spacial score (nSPS) is 29.6. The molecule has 1 heterocycles. The lowest BCUT2D eigenvalue weighted by molar-refractivity contribution is 0.581. The standard InChI is InChI=1S/C3H7N3S/c7-3-4-1-2-5-6-3/h2-4,6-7H,1H2. The van der Waals surface area contributed by atoms with Gasteiger partial charge in [-0.1, -0.05) is 0 Å². The second kappa shape index (κ2) is 2.18. The van der Waals surface area contributed by atoms with Gasteiger partial charge in [0, 0.05) is 12.8 Å². The number of nitrogens with one attached hydrogen (secondary N) is 2. The summed E-state index contributed by atoms with van der Waals surface area (Å²) in [5, 5.41) is 6.73. The molecular formula is C3H7N3S. The molecule has 2 N–H and O–H groups in total. The van der Waals surface area contributed by atoms with Crippen molar-refractivity contribution >= 4 is 18.8 Å². The van der Waals surface area contributed by atoms with Crippen molar-refractivity contribution in [3.8, 4) is 0 Å². The van der Waals surface area contributed by atoms with Crippen LogP contribution in [0.4, 0.5) is 0 Å². The second-order valence-corrected chi connectivity index (χ2v) is 1.77. The first-order chi connectivity index (χ1) is 3.39. The van der Waals surface area contributed by atoms with Gasteiger partial charge >= 0.3 is 0 Å². The molecule has 1 atom stereocenters. The molecule has 0 radical (unpaired) electrons. The SMILES string of the molecule is SC1NCC=NN1. The molecule has 1 unspecified atom stereocenters. The molecule has 0 bridgehead atoms. The Morgan fingerprint density at radius 2 is 2.71 bits per heavy atom. The topological polar surface area (TPSA) is 36.4 Å². The average Bonchev–Trinajstić information content (AvgIpc) is 1.69. The second-order valence-electron chi connectivity index (χ2n) is 1.25. The third kappa shape index (κ3) is 1.36. The first-order valence-electron chi connectivity index (χ1n) is 2.08. The van der Waals surface area contributed by atoms with Crippen molar-refractivity contribution in [1.29, 1.82) is 0 Å². The molecule has 0 saturated heterocycles. The molecule has 7 heavy (non-hydrogen) atoms. The molecule has 0 fully saturated rings. The highest BCUT2D eigenvalue weighted by molar-refractivity contribution is 7.80. The van der Waals surface area contributed by atoms with Crippen LogP contribution < -0.4 is 10.7 Å². The quantitative estimate of drug-likeness (QED) is 0.370. The van der Waals surface area contributed by atoms with Crippen molar-refractivity contribution in [1.82, 2.24) is 10.7 Å². The molecule has 0 aromatic carbocycles. The summed E-state index contributed by atoms with van der Waals surface area (Å²) in [6, 6.07) is 0. The largest absolute Gasteiger partial charge is 0.284 e. The molecular weight excluding hydrogens is 110 g/mol. The smallest absolute Gasteiger partial charge is 0.138 e. The fourth-order valence-corrected chi connectivity index (χ4v) is 0.551. The number of hydrazone groups is 1. The Morgan fingerprint density at radius 1 is 1.86 bits per heavy atom. The molecule has 0 aliphatic carbocycles. The third-order valence-electron chi connectivity index (χ3n) is 0.691. The molecule has 0 spiro atoms. The van der Waals surface area contributed by atoms with Gasteiger partial charge in [-0.15, -0.1) is 12.6 Å². The van der Waals surface area contributed by atoms with Crippen LogP contribution in [-0.2, 0) is 0 Å². The van der Waals surface area contributed by atoms with E-state index in [2.05, 4.69) is 28.5 Å². The van der Waals surface area contributed by atoms with Crippen molar-refractivity contribution in [2.45, 2.75) is 5.50 Å². The van der Waals surface area contributed by atoms with Gasteiger partial charge in [0.05, 0.1) is 0 Å². The number of hydrogen-bond donors (Lipinski definition) is 3. The predicted octanol–water partition coefficient (Wildman–Crippen LogP) is -0.622. The van der Waals surface area contributed by atoms with Crippen molar-refractivity contribution in [3.05, 3.63) is 0 Å². The summed E-state index contributed by atoms with van der Waals surface area (Å²) in [6.45, 7) is 0.807. The van der Waals surface area contributed by atoms with Crippen LogP contribution in [0.15, 0.2) is 5.10 Å². The molecule has 40 valence electrons. The first-order valence-corrected chi connectivity index (χ1v) is 2.60. The van der Waals surface area contributed by atoms with Crippen LogP contribution in [0.25, 0.3) is 0 Å². The van der Waals surface area contributed by atoms with E-state index in [1.807, 2.05) is 0 Å². The predicted molar refractivity (Wildman–Crippen MR) is 32.4 cm³/mol. The van der Waals surface area contributed by atoms with Gasteiger partial charge in [-0.25, -0.2) is 0 Å². The highest BCUT2D eigenvalue weighted by Crippen LogP contribution is 1.84. The molecule has 1 aliphatic rings. The minimum atomic E-state index is 0.0324. The Morgan fingerprint density at radius 3 is 3.00 bits per heavy atom. The fourth-order valence-electron chi connectivity index (χ4n) is 0.379. The Balaban J connectivity index is 2.32. The van der Waals surface area contributed by atoms with E-state index in [0.717, 1.165) is 6.54 Å². The number of rotatable bonds is 0. The zero-order valence-electron chi connectivity index (χ0n) is 3.76. The number of nitrogens with zero attached hydrogens (tertiary/aromatic N) is 1. The Hall–Kier alpha value is -0.220. The zero-order chi connectivity index (χ0) is 5.11. The van der Waals surface area contributed by atoms with E-state index in [0.29, 0.717) is 0 Å². The maximum absolute atomic E-state index is 4.03. The van der Waals surface area contributed by atoms with E-state index < -0.39 is 0 Å². The first kappa shape index (κ1) is 4.93. The van der Waals surface area contributed by atoms with Crippen molar-refractivity contribution in [2.24, 2.45) is 5.10 Å². The molecule has 0 aromatic rings. The lowest BCUT2D eigenvalue weighted by Gasteiger charge is -2.13. The lowest BCUT2D eigenvalue weighted by atomic mass is 10.7. The van der Waals surface area contributed by atoms with Crippen LogP contribution in [-0.4, -0.2) is 18.3 Å². The molecule has 0 aromatic heterocycles. The molecule has 0 amide bonds. The maximum atomic E-state index is 4.03. The molecule has 1 aliphatic heterocycles. The van der Waals surface area contributed by atoms with E-state index in [-0.39, 0.29) is 5.50 Å². The number of thiol groups is 1. The third-order valence-corrected chi connectivity index (χ3v) is 0.989. The maximum Gasteiger partial charge on any atom is 0.138 e. The van der Waals surface area contributed by atoms with Crippen LogP contribution in [0.3, 0.4) is 0 Å². The summed E-state index contributed by atoms with van der Waals surface area (Å²) in [7, 11) is 0. The summed E-state index contributed by atoms with van der Waals surface area (Å²) in [5.74, 6) is 0.